The molecule has 3 aromatic rings. The van der Waals surface area contributed by atoms with Gasteiger partial charge in [0.15, 0.2) is 0 Å². The van der Waals surface area contributed by atoms with Crippen LogP contribution in [0.4, 0.5) is 18.9 Å². The van der Waals surface area contributed by atoms with E-state index in [-0.39, 0.29) is 18.4 Å². The molecule has 0 heterocycles. The van der Waals surface area contributed by atoms with Crippen molar-refractivity contribution in [1.29, 1.82) is 0 Å². The second-order valence-corrected chi connectivity index (χ2v) is 8.85. The third-order valence-corrected chi connectivity index (χ3v) is 6.17. The Bertz CT molecular complexity index is 1230. The van der Waals surface area contributed by atoms with Crippen LogP contribution in [0.3, 0.4) is 0 Å². The molecule has 208 valence electrons. The quantitative estimate of drug-likeness (QED) is 0.193. The van der Waals surface area contributed by atoms with Crippen LogP contribution >= 0.6 is 0 Å². The fourth-order valence-corrected chi connectivity index (χ4v) is 4.11. The lowest BCUT2D eigenvalue weighted by Crippen LogP contribution is -2.38. The molecule has 0 N–H and O–H groups in total. The van der Waals surface area contributed by atoms with Gasteiger partial charge >= 0.3 is 18.2 Å². The molecule has 0 spiro atoms. The van der Waals surface area contributed by atoms with Gasteiger partial charge in [0, 0.05) is 6.54 Å². The van der Waals surface area contributed by atoms with Gasteiger partial charge in [0.05, 0.1) is 18.9 Å². The van der Waals surface area contributed by atoms with Crippen LogP contribution < -0.4 is 14.4 Å². The summed E-state index contributed by atoms with van der Waals surface area (Å²) in [5.74, 6) is -1.78. The van der Waals surface area contributed by atoms with Gasteiger partial charge in [-0.05, 0) is 66.6 Å². The topological polar surface area (TPSA) is 65.1 Å². The molecule has 6 nitrogen and oxygen atoms in total. The lowest BCUT2D eigenvalue weighted by Gasteiger charge is -2.27. The number of nitrogens with zero attached hydrogens (tertiary/aromatic N) is 1. The molecule has 0 unspecified atom stereocenters. The number of benzene rings is 3. The average Bonchev–Trinajstić information content (AvgIpc) is 2.93. The zero-order chi connectivity index (χ0) is 28.4. The molecule has 0 saturated heterocycles. The van der Waals surface area contributed by atoms with Crippen LogP contribution in [0.25, 0.3) is 11.1 Å². The summed E-state index contributed by atoms with van der Waals surface area (Å²) >= 11 is 0. The van der Waals surface area contributed by atoms with Crippen molar-refractivity contribution in [3.63, 3.8) is 0 Å². The third kappa shape index (κ3) is 8.49. The highest BCUT2D eigenvalue weighted by Crippen LogP contribution is 2.36. The number of esters is 1. The molecule has 0 aliphatic rings. The maximum Gasteiger partial charge on any atom is 0.573 e. The molecule has 0 aliphatic carbocycles. The molecule has 1 amide bonds. The van der Waals surface area contributed by atoms with Gasteiger partial charge in [-0.3, -0.25) is 9.69 Å². The number of rotatable bonds is 11. The Morgan fingerprint density at radius 1 is 0.897 bits per heavy atom. The van der Waals surface area contributed by atoms with E-state index in [2.05, 4.69) is 4.74 Å². The van der Waals surface area contributed by atoms with Gasteiger partial charge in [-0.2, -0.15) is 0 Å². The van der Waals surface area contributed by atoms with Crippen molar-refractivity contribution in [2.24, 2.45) is 0 Å². The lowest BCUT2D eigenvalue weighted by molar-refractivity contribution is -0.274. The molecule has 0 fully saturated rings. The number of amides is 1. The highest BCUT2D eigenvalue weighted by molar-refractivity contribution is 6.38. The molecule has 39 heavy (non-hydrogen) atoms. The first-order valence-corrected chi connectivity index (χ1v) is 12.8. The molecule has 0 saturated carbocycles. The number of anilines is 1. The van der Waals surface area contributed by atoms with Crippen LogP contribution in [-0.4, -0.2) is 38.0 Å². The van der Waals surface area contributed by atoms with Crippen molar-refractivity contribution in [3.8, 4) is 22.6 Å². The molecule has 0 aliphatic heterocycles. The summed E-state index contributed by atoms with van der Waals surface area (Å²) in [6, 6.07) is 20.3. The Hall–Kier alpha value is -4.01. The number of aryl methyl sites for hydroxylation is 1. The highest BCUT2D eigenvalue weighted by Gasteiger charge is 2.31. The number of ether oxygens (including phenoxy) is 3. The Kier molecular flexibility index (Phi) is 10.4. The summed E-state index contributed by atoms with van der Waals surface area (Å²) < 4.78 is 52.7. The van der Waals surface area contributed by atoms with E-state index in [1.54, 1.807) is 18.2 Å². The minimum Gasteiger partial charge on any atom is -0.488 e. The van der Waals surface area contributed by atoms with Gasteiger partial charge in [0.2, 0.25) is 0 Å². The Morgan fingerprint density at radius 3 is 2.13 bits per heavy atom. The van der Waals surface area contributed by atoms with Gasteiger partial charge in [-0.25, -0.2) is 4.79 Å². The fourth-order valence-electron chi connectivity index (χ4n) is 4.11. The predicted octanol–water partition coefficient (Wildman–Crippen LogP) is 6.96. The Balaban J connectivity index is 2.00. The van der Waals surface area contributed by atoms with E-state index in [4.69, 9.17) is 9.47 Å². The zero-order valence-corrected chi connectivity index (χ0v) is 22.2. The molecular formula is C30H32F3NO5. The van der Waals surface area contributed by atoms with Gasteiger partial charge in [-0.1, -0.05) is 62.4 Å². The normalized spacial score (nSPS) is 11.3. The van der Waals surface area contributed by atoms with Crippen LogP contribution in [0.2, 0.25) is 0 Å². The summed E-state index contributed by atoms with van der Waals surface area (Å²) in [4.78, 5) is 26.9. The number of hydrogen-bond acceptors (Lipinski definition) is 5. The number of halogens is 3. The minimum absolute atomic E-state index is 0.118. The molecule has 3 aromatic carbocycles. The smallest absolute Gasteiger partial charge is 0.488 e. The standard InChI is InChI=1S/C30H32F3NO5/c1-4-24(5-2)38-27-18-15-23(22-13-16-25(17-14-22)39-30(31,32)33)20-26(27)34(28(35)29(36)37-3)19-9-12-21-10-7-6-8-11-21/h6-8,10-11,13-18,20,24H,4-5,9,12,19H2,1-3H3. The Labute approximate surface area is 226 Å². The number of methoxy groups -OCH3 is 1. The van der Waals surface area contributed by atoms with E-state index in [0.29, 0.717) is 35.4 Å². The predicted molar refractivity (Wildman–Crippen MR) is 143 cm³/mol. The maximum atomic E-state index is 13.2. The highest BCUT2D eigenvalue weighted by atomic mass is 19.4. The third-order valence-electron chi connectivity index (χ3n) is 6.17. The molecule has 9 heteroatoms. The largest absolute Gasteiger partial charge is 0.573 e. The average molecular weight is 544 g/mol. The monoisotopic (exact) mass is 543 g/mol. The SMILES string of the molecule is CCC(CC)Oc1ccc(-c2ccc(OC(F)(F)F)cc2)cc1N(CCCc1ccccc1)C(=O)C(=O)OC. The summed E-state index contributed by atoms with van der Waals surface area (Å²) in [7, 11) is 1.14. The first-order valence-electron chi connectivity index (χ1n) is 12.8. The van der Waals surface area contributed by atoms with E-state index in [9.17, 15) is 22.8 Å². The lowest BCUT2D eigenvalue weighted by atomic mass is 10.0. The molecule has 0 bridgehead atoms. The van der Waals surface area contributed by atoms with Crippen LogP contribution in [-0.2, 0) is 20.7 Å². The zero-order valence-electron chi connectivity index (χ0n) is 22.2. The van der Waals surface area contributed by atoms with E-state index < -0.39 is 18.2 Å². The number of hydrogen-bond donors (Lipinski definition) is 0. The van der Waals surface area contributed by atoms with Crippen molar-refractivity contribution in [1.82, 2.24) is 0 Å². The van der Waals surface area contributed by atoms with Gasteiger partial charge in [0.25, 0.3) is 0 Å². The summed E-state index contributed by atoms with van der Waals surface area (Å²) in [6.07, 6.45) is -2.21. The number of alkyl halides is 3. The first-order chi connectivity index (χ1) is 18.6. The van der Waals surface area contributed by atoms with Crippen LogP contribution in [0.5, 0.6) is 11.5 Å². The van der Waals surface area contributed by atoms with Crippen molar-refractivity contribution in [3.05, 3.63) is 78.4 Å². The summed E-state index contributed by atoms with van der Waals surface area (Å²) in [5, 5.41) is 0. The second-order valence-electron chi connectivity index (χ2n) is 8.85. The van der Waals surface area contributed by atoms with E-state index in [1.165, 1.54) is 29.2 Å². The van der Waals surface area contributed by atoms with E-state index >= 15 is 0 Å². The van der Waals surface area contributed by atoms with Crippen LogP contribution in [0.15, 0.2) is 72.8 Å². The molecule has 3 rings (SSSR count). The van der Waals surface area contributed by atoms with E-state index in [1.807, 2.05) is 44.2 Å². The van der Waals surface area contributed by atoms with Crippen molar-refractivity contribution in [2.75, 3.05) is 18.6 Å². The number of carbonyl (C=O) groups excluding carboxylic acids is 2. The fraction of sp³-hybridized carbons (Fsp3) is 0.333. The molecule has 0 atom stereocenters. The van der Waals surface area contributed by atoms with Gasteiger partial charge < -0.3 is 14.2 Å². The van der Waals surface area contributed by atoms with Crippen molar-refractivity contribution >= 4 is 17.6 Å². The second kappa shape index (κ2) is 13.7. The molecule has 0 radical (unpaired) electrons. The summed E-state index contributed by atoms with van der Waals surface area (Å²) in [6.45, 7) is 4.19. The number of carbonyl (C=O) groups is 2. The molecule has 0 aromatic heterocycles. The van der Waals surface area contributed by atoms with Gasteiger partial charge in [-0.15, -0.1) is 13.2 Å². The minimum atomic E-state index is -4.79. The first kappa shape index (κ1) is 29.5. The maximum absolute atomic E-state index is 13.2. The van der Waals surface area contributed by atoms with Crippen molar-refractivity contribution < 1.29 is 37.0 Å². The summed E-state index contributed by atoms with van der Waals surface area (Å²) in [5.41, 5.74) is 2.67. The van der Waals surface area contributed by atoms with E-state index in [0.717, 1.165) is 25.5 Å². The Morgan fingerprint density at radius 2 is 1.54 bits per heavy atom. The molecular weight excluding hydrogens is 511 g/mol. The van der Waals surface area contributed by atoms with Crippen LogP contribution in [0.1, 0.15) is 38.7 Å². The van der Waals surface area contributed by atoms with Crippen molar-refractivity contribution in [2.45, 2.75) is 52.0 Å². The van der Waals surface area contributed by atoms with Crippen LogP contribution in [0, 0.1) is 0 Å². The van der Waals surface area contributed by atoms with Gasteiger partial charge in [0.1, 0.15) is 11.5 Å².